The van der Waals surface area contributed by atoms with Gasteiger partial charge in [0, 0.05) is 6.42 Å². The van der Waals surface area contributed by atoms with E-state index < -0.39 is 5.79 Å². The Morgan fingerprint density at radius 3 is 2.60 bits per heavy atom. The lowest BCUT2D eigenvalue weighted by Gasteiger charge is -2.39. The lowest BCUT2D eigenvalue weighted by molar-refractivity contribution is -0.303. The van der Waals surface area contributed by atoms with E-state index in [1.54, 1.807) is 13.8 Å². The van der Waals surface area contributed by atoms with Crippen molar-refractivity contribution in [1.29, 1.82) is 0 Å². The van der Waals surface area contributed by atoms with E-state index >= 15 is 0 Å². The van der Waals surface area contributed by atoms with Gasteiger partial charge in [-0.2, -0.15) is 0 Å². The summed E-state index contributed by atoms with van der Waals surface area (Å²) in [6.45, 7) is 3.46. The molecule has 0 spiro atoms. The second-order valence-corrected chi connectivity index (χ2v) is 4.08. The number of aliphatic hydroxyl groups excluding tert-OH is 1. The standard InChI is InChI=1S/C10H18O5/c1-10(2)14-7(5-9(12)13-3)4-8(6-11)15-10/h7-8,11H,4-6H2,1-3H3. The van der Waals surface area contributed by atoms with Crippen LogP contribution in [-0.4, -0.2) is 42.8 Å². The van der Waals surface area contributed by atoms with Crippen molar-refractivity contribution in [3.63, 3.8) is 0 Å². The minimum atomic E-state index is -0.760. The maximum atomic E-state index is 11.1. The van der Waals surface area contributed by atoms with Crippen LogP contribution in [-0.2, 0) is 19.0 Å². The number of aliphatic hydroxyl groups is 1. The zero-order chi connectivity index (χ0) is 11.5. The van der Waals surface area contributed by atoms with Gasteiger partial charge in [-0.15, -0.1) is 0 Å². The monoisotopic (exact) mass is 218 g/mol. The molecule has 1 aliphatic rings. The summed E-state index contributed by atoms with van der Waals surface area (Å²) in [5.74, 6) is -1.07. The van der Waals surface area contributed by atoms with Crippen LogP contribution in [0.25, 0.3) is 0 Å². The van der Waals surface area contributed by atoms with E-state index in [1.807, 2.05) is 0 Å². The number of hydrogen-bond donors (Lipinski definition) is 1. The zero-order valence-corrected chi connectivity index (χ0v) is 9.36. The number of ether oxygens (including phenoxy) is 3. The van der Waals surface area contributed by atoms with Gasteiger partial charge < -0.3 is 19.3 Å². The van der Waals surface area contributed by atoms with E-state index in [0.29, 0.717) is 6.42 Å². The molecule has 88 valence electrons. The molecule has 0 radical (unpaired) electrons. The van der Waals surface area contributed by atoms with E-state index in [-0.39, 0.29) is 31.2 Å². The van der Waals surface area contributed by atoms with Gasteiger partial charge in [-0.25, -0.2) is 0 Å². The molecule has 0 aliphatic carbocycles. The van der Waals surface area contributed by atoms with E-state index in [4.69, 9.17) is 14.6 Å². The molecule has 0 bridgehead atoms. The smallest absolute Gasteiger partial charge is 0.308 e. The summed E-state index contributed by atoms with van der Waals surface area (Å²) in [5.41, 5.74) is 0. The Balaban J connectivity index is 2.54. The summed E-state index contributed by atoms with van der Waals surface area (Å²) in [5, 5.41) is 9.04. The van der Waals surface area contributed by atoms with Gasteiger partial charge in [-0.1, -0.05) is 0 Å². The van der Waals surface area contributed by atoms with Crippen molar-refractivity contribution < 1.29 is 24.1 Å². The Bertz CT molecular complexity index is 226. The second-order valence-electron chi connectivity index (χ2n) is 4.08. The summed E-state index contributed by atoms with van der Waals surface area (Å²) in [4.78, 5) is 11.1. The maximum absolute atomic E-state index is 11.1. The lowest BCUT2D eigenvalue weighted by atomic mass is 10.1. The normalized spacial score (nSPS) is 29.9. The molecule has 0 aromatic heterocycles. The molecule has 0 amide bonds. The summed E-state index contributed by atoms with van der Waals surface area (Å²) in [6.07, 6.45) is 0.177. The number of rotatable bonds is 3. The Morgan fingerprint density at radius 2 is 2.07 bits per heavy atom. The third-order valence-corrected chi connectivity index (χ3v) is 2.25. The molecular formula is C10H18O5. The summed E-state index contributed by atoms with van der Waals surface area (Å²) >= 11 is 0. The third-order valence-electron chi connectivity index (χ3n) is 2.25. The van der Waals surface area contributed by atoms with Gasteiger partial charge in [-0.05, 0) is 13.8 Å². The number of methoxy groups -OCH3 is 1. The Kier molecular flexibility index (Phi) is 4.07. The SMILES string of the molecule is COC(=O)CC1CC(CO)OC(C)(C)O1. The second kappa shape index (κ2) is 4.92. The number of esters is 1. The van der Waals surface area contributed by atoms with Crippen LogP contribution in [0.15, 0.2) is 0 Å². The van der Waals surface area contributed by atoms with Crippen LogP contribution in [0.4, 0.5) is 0 Å². The molecule has 1 aliphatic heterocycles. The Hall–Kier alpha value is -0.650. The van der Waals surface area contributed by atoms with E-state index in [0.717, 1.165) is 0 Å². The molecule has 1 saturated heterocycles. The molecule has 1 fully saturated rings. The zero-order valence-electron chi connectivity index (χ0n) is 9.36. The summed E-state index contributed by atoms with van der Waals surface area (Å²) in [6, 6.07) is 0. The predicted octanol–water partition coefficient (Wildman–Crippen LogP) is 0.452. The molecule has 2 atom stereocenters. The summed E-state index contributed by atoms with van der Waals surface area (Å²) < 4.78 is 15.6. The van der Waals surface area contributed by atoms with Gasteiger partial charge in [0.25, 0.3) is 0 Å². The van der Waals surface area contributed by atoms with Gasteiger partial charge in [0.2, 0.25) is 0 Å². The first-order valence-electron chi connectivity index (χ1n) is 5.00. The van der Waals surface area contributed by atoms with Crippen LogP contribution >= 0.6 is 0 Å². The minimum absolute atomic E-state index is 0.0650. The predicted molar refractivity (Wildman–Crippen MR) is 52.2 cm³/mol. The molecule has 5 nitrogen and oxygen atoms in total. The topological polar surface area (TPSA) is 65.0 Å². The van der Waals surface area contributed by atoms with Gasteiger partial charge in [0.15, 0.2) is 5.79 Å². The third kappa shape index (κ3) is 3.77. The maximum Gasteiger partial charge on any atom is 0.308 e. The molecular weight excluding hydrogens is 200 g/mol. The first-order chi connectivity index (χ1) is 6.96. The summed E-state index contributed by atoms with van der Waals surface area (Å²) in [7, 11) is 1.34. The molecule has 1 N–H and O–H groups in total. The van der Waals surface area contributed by atoms with Crippen molar-refractivity contribution in [3.8, 4) is 0 Å². The van der Waals surface area contributed by atoms with Crippen molar-refractivity contribution in [2.45, 2.75) is 44.7 Å². The van der Waals surface area contributed by atoms with E-state index in [2.05, 4.69) is 4.74 Å². The number of carbonyl (C=O) groups excluding carboxylic acids is 1. The average molecular weight is 218 g/mol. The first-order valence-corrected chi connectivity index (χ1v) is 5.00. The average Bonchev–Trinajstić information content (AvgIpc) is 2.15. The fourth-order valence-corrected chi connectivity index (χ4v) is 1.73. The lowest BCUT2D eigenvalue weighted by Crippen LogP contribution is -2.46. The largest absolute Gasteiger partial charge is 0.469 e. The number of hydrogen-bond acceptors (Lipinski definition) is 5. The van der Waals surface area contributed by atoms with Crippen molar-refractivity contribution in [1.82, 2.24) is 0 Å². The Labute approximate surface area is 89.3 Å². The highest BCUT2D eigenvalue weighted by atomic mass is 16.7. The number of carbonyl (C=O) groups is 1. The van der Waals surface area contributed by atoms with Crippen LogP contribution in [0, 0.1) is 0 Å². The van der Waals surface area contributed by atoms with E-state index in [9.17, 15) is 4.79 Å². The van der Waals surface area contributed by atoms with Crippen molar-refractivity contribution in [3.05, 3.63) is 0 Å². The first kappa shape index (κ1) is 12.4. The van der Waals surface area contributed by atoms with E-state index in [1.165, 1.54) is 7.11 Å². The molecule has 0 saturated carbocycles. The van der Waals surface area contributed by atoms with Crippen LogP contribution in [0.1, 0.15) is 26.7 Å². The quantitative estimate of drug-likeness (QED) is 0.697. The van der Waals surface area contributed by atoms with Crippen LogP contribution < -0.4 is 0 Å². The molecule has 2 unspecified atom stereocenters. The fourth-order valence-electron chi connectivity index (χ4n) is 1.73. The van der Waals surface area contributed by atoms with Gasteiger partial charge in [-0.3, -0.25) is 4.79 Å². The van der Waals surface area contributed by atoms with Crippen molar-refractivity contribution in [2.24, 2.45) is 0 Å². The van der Waals surface area contributed by atoms with Crippen LogP contribution in [0.3, 0.4) is 0 Å². The van der Waals surface area contributed by atoms with Gasteiger partial charge in [0.05, 0.1) is 32.3 Å². The van der Waals surface area contributed by atoms with Gasteiger partial charge in [0.1, 0.15) is 0 Å². The molecule has 1 rings (SSSR count). The Morgan fingerprint density at radius 1 is 1.47 bits per heavy atom. The molecule has 1 heterocycles. The minimum Gasteiger partial charge on any atom is -0.469 e. The molecule has 5 heteroatoms. The molecule has 0 aromatic rings. The highest BCUT2D eigenvalue weighted by molar-refractivity contribution is 5.69. The van der Waals surface area contributed by atoms with Crippen LogP contribution in [0.5, 0.6) is 0 Å². The fraction of sp³-hybridized carbons (Fsp3) is 0.900. The highest BCUT2D eigenvalue weighted by Crippen LogP contribution is 2.28. The molecule has 0 aromatic carbocycles. The molecule has 15 heavy (non-hydrogen) atoms. The van der Waals surface area contributed by atoms with Crippen LogP contribution in [0.2, 0.25) is 0 Å². The van der Waals surface area contributed by atoms with Crippen molar-refractivity contribution >= 4 is 5.97 Å². The van der Waals surface area contributed by atoms with Crippen molar-refractivity contribution in [2.75, 3.05) is 13.7 Å². The van der Waals surface area contributed by atoms with Gasteiger partial charge >= 0.3 is 5.97 Å². The highest BCUT2D eigenvalue weighted by Gasteiger charge is 2.36.